The van der Waals surface area contributed by atoms with Crippen molar-refractivity contribution in [3.8, 4) is 0 Å². The molecular formula is C15H24N2O3S. The molecule has 0 aliphatic rings. The first-order valence-corrected chi connectivity index (χ1v) is 8.86. The van der Waals surface area contributed by atoms with Crippen molar-refractivity contribution in [2.45, 2.75) is 26.7 Å². The highest BCUT2D eigenvalue weighted by molar-refractivity contribution is 7.89. The van der Waals surface area contributed by atoms with Crippen LogP contribution in [-0.4, -0.2) is 44.6 Å². The molecule has 1 aromatic carbocycles. The minimum absolute atomic E-state index is 0.0275. The molecule has 0 aliphatic carbocycles. The summed E-state index contributed by atoms with van der Waals surface area (Å²) in [7, 11) is -3.30. The lowest BCUT2D eigenvalue weighted by Gasteiger charge is -2.20. The Balaban J connectivity index is 2.37. The fourth-order valence-corrected chi connectivity index (χ4v) is 3.05. The van der Waals surface area contributed by atoms with Gasteiger partial charge in [-0.1, -0.05) is 37.3 Å². The van der Waals surface area contributed by atoms with Crippen LogP contribution in [0.5, 0.6) is 0 Å². The molecule has 1 amide bonds. The summed E-state index contributed by atoms with van der Waals surface area (Å²) in [5, 5.41) is 0. The summed E-state index contributed by atoms with van der Waals surface area (Å²) in [5.41, 5.74) is 0.999. The zero-order valence-corrected chi connectivity index (χ0v) is 13.5. The Kier molecular flexibility index (Phi) is 7.39. The van der Waals surface area contributed by atoms with Crippen LogP contribution in [0.15, 0.2) is 30.3 Å². The summed E-state index contributed by atoms with van der Waals surface area (Å²) in [6, 6.07) is 9.51. The largest absolute Gasteiger partial charge is 0.342 e. The zero-order valence-electron chi connectivity index (χ0n) is 12.7. The maximum Gasteiger partial charge on any atom is 0.219 e. The van der Waals surface area contributed by atoms with E-state index in [1.165, 1.54) is 6.92 Å². The number of nitrogens with one attached hydrogen (secondary N) is 1. The van der Waals surface area contributed by atoms with Gasteiger partial charge >= 0.3 is 0 Å². The molecule has 0 spiro atoms. The first-order chi connectivity index (χ1) is 9.94. The van der Waals surface area contributed by atoms with Crippen molar-refractivity contribution in [3.05, 3.63) is 35.9 Å². The van der Waals surface area contributed by atoms with Gasteiger partial charge in [-0.2, -0.15) is 0 Å². The van der Waals surface area contributed by atoms with Gasteiger partial charge in [0.25, 0.3) is 0 Å². The Morgan fingerprint density at radius 1 is 1.19 bits per heavy atom. The van der Waals surface area contributed by atoms with E-state index in [4.69, 9.17) is 0 Å². The van der Waals surface area contributed by atoms with Crippen LogP contribution in [0.25, 0.3) is 0 Å². The predicted molar refractivity (Wildman–Crippen MR) is 84.5 cm³/mol. The normalized spacial score (nSPS) is 11.3. The second-order valence-electron chi connectivity index (χ2n) is 4.95. The number of carbonyl (C=O) groups is 1. The average molecular weight is 312 g/mol. The molecule has 0 aromatic heterocycles. The van der Waals surface area contributed by atoms with Crippen LogP contribution in [0.2, 0.25) is 0 Å². The van der Waals surface area contributed by atoms with Gasteiger partial charge in [-0.25, -0.2) is 13.1 Å². The van der Waals surface area contributed by atoms with E-state index in [-0.39, 0.29) is 18.2 Å². The van der Waals surface area contributed by atoms with Crippen molar-refractivity contribution in [1.82, 2.24) is 9.62 Å². The number of sulfonamides is 1. The zero-order chi connectivity index (χ0) is 15.7. The lowest BCUT2D eigenvalue weighted by Crippen LogP contribution is -2.38. The van der Waals surface area contributed by atoms with E-state index in [2.05, 4.69) is 4.72 Å². The van der Waals surface area contributed by atoms with Crippen molar-refractivity contribution in [1.29, 1.82) is 0 Å². The summed E-state index contributed by atoms with van der Waals surface area (Å²) in [6.45, 7) is 4.81. The van der Waals surface area contributed by atoms with E-state index >= 15 is 0 Å². The number of hydrogen-bond donors (Lipinski definition) is 1. The fourth-order valence-electron chi connectivity index (χ4n) is 2.00. The van der Waals surface area contributed by atoms with Gasteiger partial charge < -0.3 is 4.90 Å². The van der Waals surface area contributed by atoms with E-state index in [1.807, 2.05) is 37.3 Å². The minimum atomic E-state index is -3.30. The first kappa shape index (κ1) is 17.7. The summed E-state index contributed by atoms with van der Waals surface area (Å²) < 4.78 is 26.3. The molecule has 0 saturated heterocycles. The number of hydrogen-bond acceptors (Lipinski definition) is 3. The third kappa shape index (κ3) is 7.24. The van der Waals surface area contributed by atoms with Gasteiger partial charge in [-0.3, -0.25) is 4.79 Å². The smallest absolute Gasteiger partial charge is 0.219 e. The number of aryl methyl sites for hydroxylation is 1. The van der Waals surface area contributed by atoms with Crippen LogP contribution in [0.3, 0.4) is 0 Å². The first-order valence-electron chi connectivity index (χ1n) is 7.21. The van der Waals surface area contributed by atoms with Crippen LogP contribution < -0.4 is 4.72 Å². The van der Waals surface area contributed by atoms with E-state index < -0.39 is 10.0 Å². The van der Waals surface area contributed by atoms with Gasteiger partial charge in [-0.05, 0) is 18.4 Å². The van der Waals surface area contributed by atoms with E-state index in [1.54, 1.807) is 4.90 Å². The van der Waals surface area contributed by atoms with Gasteiger partial charge in [0.1, 0.15) is 0 Å². The average Bonchev–Trinajstić information content (AvgIpc) is 2.45. The summed E-state index contributed by atoms with van der Waals surface area (Å²) in [4.78, 5) is 13.0. The molecular weight excluding hydrogens is 288 g/mol. The quantitative estimate of drug-likeness (QED) is 0.749. The molecule has 118 valence electrons. The second-order valence-corrected chi connectivity index (χ2v) is 6.88. The van der Waals surface area contributed by atoms with E-state index in [0.29, 0.717) is 19.5 Å². The van der Waals surface area contributed by atoms with Crippen LogP contribution >= 0.6 is 0 Å². The van der Waals surface area contributed by atoms with E-state index in [0.717, 1.165) is 12.0 Å². The maximum atomic E-state index is 11.9. The van der Waals surface area contributed by atoms with Crippen LogP contribution in [0.4, 0.5) is 0 Å². The summed E-state index contributed by atoms with van der Waals surface area (Å²) in [6.07, 6.45) is 1.35. The van der Waals surface area contributed by atoms with Gasteiger partial charge in [0.05, 0.1) is 5.75 Å². The molecule has 5 nitrogen and oxygen atoms in total. The highest BCUT2D eigenvalue weighted by Crippen LogP contribution is 2.01. The molecule has 0 saturated carbocycles. The third-order valence-electron chi connectivity index (χ3n) is 3.14. The van der Waals surface area contributed by atoms with Crippen molar-refractivity contribution < 1.29 is 13.2 Å². The van der Waals surface area contributed by atoms with Crippen molar-refractivity contribution in [2.75, 3.05) is 25.4 Å². The Hall–Kier alpha value is -1.40. The molecule has 21 heavy (non-hydrogen) atoms. The number of carbonyl (C=O) groups excluding carboxylic acids is 1. The molecule has 1 aromatic rings. The van der Waals surface area contributed by atoms with Crippen LogP contribution in [0.1, 0.15) is 25.8 Å². The fraction of sp³-hybridized carbons (Fsp3) is 0.533. The SMILES string of the molecule is CCCN(CCNS(=O)(=O)CCc1ccccc1)C(C)=O. The molecule has 1 N–H and O–H groups in total. The van der Waals surface area contributed by atoms with Crippen LogP contribution in [0, 0.1) is 0 Å². The monoisotopic (exact) mass is 312 g/mol. The molecule has 0 radical (unpaired) electrons. The number of benzene rings is 1. The Bertz CT molecular complexity index is 529. The second kappa shape index (κ2) is 8.79. The molecule has 0 bridgehead atoms. The topological polar surface area (TPSA) is 66.5 Å². The van der Waals surface area contributed by atoms with Crippen molar-refractivity contribution >= 4 is 15.9 Å². The van der Waals surface area contributed by atoms with Crippen molar-refractivity contribution in [3.63, 3.8) is 0 Å². The number of amides is 1. The molecule has 0 aliphatic heterocycles. The van der Waals surface area contributed by atoms with Crippen molar-refractivity contribution in [2.24, 2.45) is 0 Å². The number of nitrogens with zero attached hydrogens (tertiary/aromatic N) is 1. The Morgan fingerprint density at radius 3 is 2.43 bits per heavy atom. The van der Waals surface area contributed by atoms with Gasteiger partial charge in [0.2, 0.25) is 15.9 Å². The third-order valence-corrected chi connectivity index (χ3v) is 4.53. The highest BCUT2D eigenvalue weighted by Gasteiger charge is 2.12. The molecule has 0 unspecified atom stereocenters. The summed E-state index contributed by atoms with van der Waals surface area (Å²) in [5.74, 6) is 0.0329. The Labute approximate surface area is 127 Å². The summed E-state index contributed by atoms with van der Waals surface area (Å²) >= 11 is 0. The lowest BCUT2D eigenvalue weighted by molar-refractivity contribution is -0.128. The van der Waals surface area contributed by atoms with Gasteiger partial charge in [-0.15, -0.1) is 0 Å². The molecule has 0 heterocycles. The molecule has 0 fully saturated rings. The molecule has 1 rings (SSSR count). The maximum absolute atomic E-state index is 11.9. The predicted octanol–water partition coefficient (Wildman–Crippen LogP) is 1.41. The van der Waals surface area contributed by atoms with Gasteiger partial charge in [0.15, 0.2) is 0 Å². The van der Waals surface area contributed by atoms with E-state index in [9.17, 15) is 13.2 Å². The molecule has 0 atom stereocenters. The number of rotatable bonds is 9. The highest BCUT2D eigenvalue weighted by atomic mass is 32.2. The van der Waals surface area contributed by atoms with Crippen LogP contribution in [-0.2, 0) is 21.2 Å². The Morgan fingerprint density at radius 2 is 1.86 bits per heavy atom. The lowest BCUT2D eigenvalue weighted by atomic mass is 10.2. The molecule has 6 heteroatoms. The van der Waals surface area contributed by atoms with Gasteiger partial charge in [0, 0.05) is 26.6 Å². The minimum Gasteiger partial charge on any atom is -0.342 e. The standard InChI is InChI=1S/C15H24N2O3S/c1-3-11-17(14(2)18)12-10-16-21(19,20)13-9-15-7-5-4-6-8-15/h4-8,16H,3,9-13H2,1-2H3.